The third-order valence-electron chi connectivity index (χ3n) is 8.22. The van der Waals surface area contributed by atoms with E-state index in [4.69, 9.17) is 21.3 Å². The number of ketones is 1. The molecule has 1 saturated heterocycles. The molecular formula is C34H29ClN2O5. The van der Waals surface area contributed by atoms with Crippen molar-refractivity contribution < 1.29 is 23.9 Å². The van der Waals surface area contributed by atoms with Crippen molar-refractivity contribution >= 4 is 51.8 Å². The van der Waals surface area contributed by atoms with Crippen LogP contribution in [0.5, 0.6) is 0 Å². The Morgan fingerprint density at radius 1 is 0.929 bits per heavy atom. The molecule has 2 fully saturated rings. The van der Waals surface area contributed by atoms with Crippen LogP contribution in [0.2, 0.25) is 5.02 Å². The first-order chi connectivity index (χ1) is 20.4. The van der Waals surface area contributed by atoms with Gasteiger partial charge in [0, 0.05) is 21.5 Å². The Kier molecular flexibility index (Phi) is 7.60. The second-order valence-electron chi connectivity index (χ2n) is 10.8. The Morgan fingerprint density at radius 2 is 1.60 bits per heavy atom. The number of carbonyl (C=O) groups excluding carboxylic acids is 4. The molecule has 0 radical (unpaired) electrons. The van der Waals surface area contributed by atoms with Crippen LogP contribution >= 0.6 is 11.6 Å². The number of esters is 1. The molecule has 8 heteroatoms. The summed E-state index contributed by atoms with van der Waals surface area (Å²) in [5.74, 6) is -1.64. The average Bonchev–Trinajstić information content (AvgIpc) is 3.28. The number of nitrogens with zero attached hydrogens (tertiary/aromatic N) is 2. The van der Waals surface area contributed by atoms with Crippen molar-refractivity contribution in [3.8, 4) is 11.3 Å². The van der Waals surface area contributed by atoms with Crippen molar-refractivity contribution in [2.45, 2.75) is 45.1 Å². The van der Waals surface area contributed by atoms with Gasteiger partial charge in [-0.3, -0.25) is 19.3 Å². The molecule has 42 heavy (non-hydrogen) atoms. The molecule has 2 heterocycles. The number of pyridine rings is 1. The number of imide groups is 1. The van der Waals surface area contributed by atoms with Gasteiger partial charge in [-0.25, -0.2) is 9.78 Å². The third-order valence-corrected chi connectivity index (χ3v) is 8.46. The minimum absolute atomic E-state index is 0.126. The third kappa shape index (κ3) is 5.09. The van der Waals surface area contributed by atoms with Crippen LogP contribution in [0.1, 0.15) is 59.7 Å². The van der Waals surface area contributed by atoms with Crippen LogP contribution < -0.4 is 4.90 Å². The second-order valence-corrected chi connectivity index (χ2v) is 11.2. The molecule has 1 aliphatic carbocycles. The molecule has 0 bridgehead atoms. The van der Waals surface area contributed by atoms with Crippen molar-refractivity contribution in [1.82, 2.24) is 4.98 Å². The number of aromatic nitrogens is 1. The number of ether oxygens (including phenoxy) is 1. The molecule has 0 N–H and O–H groups in total. The Labute approximate surface area is 248 Å². The predicted molar refractivity (Wildman–Crippen MR) is 160 cm³/mol. The highest BCUT2D eigenvalue weighted by Gasteiger charge is 2.48. The Morgan fingerprint density at radius 3 is 2.24 bits per heavy atom. The molecule has 3 unspecified atom stereocenters. The van der Waals surface area contributed by atoms with Gasteiger partial charge in [0.1, 0.15) is 0 Å². The smallest absolute Gasteiger partial charge is 0.339 e. The van der Waals surface area contributed by atoms with Gasteiger partial charge in [0.15, 0.2) is 6.10 Å². The molecule has 2 amide bonds. The van der Waals surface area contributed by atoms with Gasteiger partial charge >= 0.3 is 5.97 Å². The molecule has 7 nitrogen and oxygen atoms in total. The zero-order chi connectivity index (χ0) is 29.4. The van der Waals surface area contributed by atoms with Crippen LogP contribution in [-0.4, -0.2) is 34.7 Å². The number of amides is 2. The Hall–Kier alpha value is -4.36. The summed E-state index contributed by atoms with van der Waals surface area (Å²) in [6.07, 6.45) is 2.80. The van der Waals surface area contributed by atoms with Gasteiger partial charge in [0.2, 0.25) is 17.6 Å². The van der Waals surface area contributed by atoms with E-state index in [1.807, 2.05) is 6.07 Å². The lowest BCUT2D eigenvalue weighted by Crippen LogP contribution is -2.30. The molecule has 3 atom stereocenters. The Bertz CT molecular complexity index is 1680. The first-order valence-electron chi connectivity index (χ1n) is 14.2. The SMILES string of the molecule is CCC(OC(=O)c1cc(-c2ccc(N3C(=O)C4CCCCC4C3=O)cc2)nc2ccc(Cl)cc12)C(=O)c1ccccc1. The van der Waals surface area contributed by atoms with E-state index < -0.39 is 12.1 Å². The van der Waals surface area contributed by atoms with Crippen LogP contribution in [-0.2, 0) is 14.3 Å². The number of fused-ring (bicyclic) bond motifs is 2. The highest BCUT2D eigenvalue weighted by molar-refractivity contribution is 6.31. The monoisotopic (exact) mass is 580 g/mol. The van der Waals surface area contributed by atoms with Crippen molar-refractivity contribution in [3.63, 3.8) is 0 Å². The summed E-state index contributed by atoms with van der Waals surface area (Å²) in [5, 5.41) is 0.939. The molecule has 1 aromatic heterocycles. The number of benzene rings is 3. The van der Waals surface area contributed by atoms with Gasteiger partial charge in [0.25, 0.3) is 0 Å². The number of halogens is 1. The molecule has 3 aromatic carbocycles. The summed E-state index contributed by atoms with van der Waals surface area (Å²) in [6, 6.07) is 22.5. The van der Waals surface area contributed by atoms with Crippen LogP contribution in [0.15, 0.2) is 78.9 Å². The summed E-state index contributed by atoms with van der Waals surface area (Å²) < 4.78 is 5.76. The summed E-state index contributed by atoms with van der Waals surface area (Å²) in [4.78, 5) is 58.8. The first kappa shape index (κ1) is 27.8. The molecule has 6 rings (SSSR count). The fourth-order valence-corrected chi connectivity index (χ4v) is 6.19. The molecular weight excluding hydrogens is 552 g/mol. The van der Waals surface area contributed by atoms with E-state index >= 15 is 0 Å². The van der Waals surface area contributed by atoms with E-state index in [1.54, 1.807) is 79.7 Å². The maximum absolute atomic E-state index is 13.6. The minimum Gasteiger partial charge on any atom is -0.450 e. The van der Waals surface area contributed by atoms with E-state index in [0.717, 1.165) is 25.7 Å². The number of carbonyl (C=O) groups is 4. The number of hydrogen-bond acceptors (Lipinski definition) is 6. The lowest BCUT2D eigenvalue weighted by Gasteiger charge is -2.19. The van der Waals surface area contributed by atoms with E-state index in [2.05, 4.69) is 0 Å². The summed E-state index contributed by atoms with van der Waals surface area (Å²) in [5.41, 5.74) is 2.95. The molecule has 2 aliphatic rings. The van der Waals surface area contributed by atoms with E-state index in [1.165, 1.54) is 4.90 Å². The lowest BCUT2D eigenvalue weighted by atomic mass is 9.81. The largest absolute Gasteiger partial charge is 0.450 e. The maximum Gasteiger partial charge on any atom is 0.339 e. The Balaban J connectivity index is 1.32. The predicted octanol–water partition coefficient (Wildman–Crippen LogP) is 7.05. The molecule has 1 saturated carbocycles. The van der Waals surface area contributed by atoms with Gasteiger partial charge < -0.3 is 4.74 Å². The number of Topliss-reactive ketones (excluding diaryl/α,β-unsaturated/α-hetero) is 1. The fourth-order valence-electron chi connectivity index (χ4n) is 6.02. The number of hydrogen-bond donors (Lipinski definition) is 0. The highest BCUT2D eigenvalue weighted by Crippen LogP contribution is 2.40. The van der Waals surface area contributed by atoms with Crippen LogP contribution in [0.3, 0.4) is 0 Å². The topological polar surface area (TPSA) is 93.6 Å². The summed E-state index contributed by atoms with van der Waals surface area (Å²) in [6.45, 7) is 1.79. The molecule has 212 valence electrons. The highest BCUT2D eigenvalue weighted by atomic mass is 35.5. The summed E-state index contributed by atoms with van der Waals surface area (Å²) in [7, 11) is 0. The van der Waals surface area contributed by atoms with Crippen molar-refractivity contribution in [2.24, 2.45) is 11.8 Å². The molecule has 1 aliphatic heterocycles. The zero-order valence-corrected chi connectivity index (χ0v) is 23.8. The molecule has 0 spiro atoms. The molecule has 4 aromatic rings. The van der Waals surface area contributed by atoms with Crippen LogP contribution in [0, 0.1) is 11.8 Å². The zero-order valence-electron chi connectivity index (χ0n) is 23.1. The van der Waals surface area contributed by atoms with Crippen LogP contribution in [0.4, 0.5) is 5.69 Å². The van der Waals surface area contributed by atoms with Gasteiger partial charge in [-0.05, 0) is 55.7 Å². The van der Waals surface area contributed by atoms with Gasteiger partial charge in [0.05, 0.1) is 34.3 Å². The van der Waals surface area contributed by atoms with E-state index in [9.17, 15) is 19.2 Å². The van der Waals surface area contributed by atoms with Crippen molar-refractivity contribution in [3.05, 3.63) is 95.0 Å². The van der Waals surface area contributed by atoms with Crippen molar-refractivity contribution in [1.29, 1.82) is 0 Å². The second kappa shape index (κ2) is 11.5. The lowest BCUT2D eigenvalue weighted by molar-refractivity contribution is -0.122. The van der Waals surface area contributed by atoms with Gasteiger partial charge in [-0.2, -0.15) is 0 Å². The van der Waals surface area contributed by atoms with Gasteiger partial charge in [-0.1, -0.05) is 73.8 Å². The number of anilines is 1. The summed E-state index contributed by atoms with van der Waals surface area (Å²) >= 11 is 6.27. The van der Waals surface area contributed by atoms with E-state index in [-0.39, 0.29) is 35.0 Å². The minimum atomic E-state index is -0.954. The fraction of sp³-hybridized carbons (Fsp3) is 0.265. The van der Waals surface area contributed by atoms with Crippen LogP contribution in [0.25, 0.3) is 22.2 Å². The van der Waals surface area contributed by atoms with E-state index in [0.29, 0.717) is 44.9 Å². The average molecular weight is 581 g/mol. The quantitative estimate of drug-likeness (QED) is 0.132. The number of rotatable bonds is 7. The normalized spacial score (nSPS) is 19.0. The standard InChI is InChI=1S/C34H29ClN2O5/c1-2-30(31(38)21-8-4-3-5-9-21)42-34(41)27-19-29(36-28-17-14-22(35)18-26(27)28)20-12-15-23(16-13-20)37-32(39)24-10-6-7-11-25(24)33(37)40/h3-5,8-9,12-19,24-25,30H,2,6-7,10-11H2,1H3. The first-order valence-corrected chi connectivity index (χ1v) is 14.6. The van der Waals surface area contributed by atoms with Gasteiger partial charge in [-0.15, -0.1) is 0 Å². The maximum atomic E-state index is 13.6. The van der Waals surface area contributed by atoms with Crippen molar-refractivity contribution in [2.75, 3.05) is 4.90 Å².